The van der Waals surface area contributed by atoms with Crippen molar-refractivity contribution in [1.82, 2.24) is 9.88 Å². The maximum Gasteiger partial charge on any atom is 0.330 e. The minimum atomic E-state index is -0.479. The van der Waals surface area contributed by atoms with Gasteiger partial charge in [-0.05, 0) is 47.5 Å². The van der Waals surface area contributed by atoms with Gasteiger partial charge in [-0.2, -0.15) is 0 Å². The average molecular weight is 448 g/mol. The number of rotatable bonds is 4. The van der Waals surface area contributed by atoms with E-state index in [0.717, 1.165) is 54.5 Å². The van der Waals surface area contributed by atoms with E-state index in [-0.39, 0.29) is 11.6 Å². The van der Waals surface area contributed by atoms with Crippen LogP contribution in [0.1, 0.15) is 40.7 Å². The first-order valence-electron chi connectivity index (χ1n) is 11.0. The van der Waals surface area contributed by atoms with Gasteiger partial charge in [-0.1, -0.05) is 6.07 Å². The molecule has 0 saturated carbocycles. The minimum Gasteiger partial charge on any atom is -0.486 e. The van der Waals surface area contributed by atoms with E-state index in [0.29, 0.717) is 17.7 Å². The zero-order chi connectivity index (χ0) is 23.0. The van der Waals surface area contributed by atoms with Crippen LogP contribution in [-0.4, -0.2) is 47.4 Å². The highest BCUT2D eigenvalue weighted by Crippen LogP contribution is 2.40. The Kier molecular flexibility index (Phi) is 5.50. The number of nitrogens with zero attached hydrogens (tertiary/aromatic N) is 1. The van der Waals surface area contributed by atoms with Gasteiger partial charge in [0.2, 0.25) is 0 Å². The van der Waals surface area contributed by atoms with Crippen LogP contribution in [-0.2, 0) is 16.1 Å². The van der Waals surface area contributed by atoms with Gasteiger partial charge < -0.3 is 14.5 Å². The monoisotopic (exact) mass is 448 g/mol. The first kappa shape index (κ1) is 21.4. The number of aromatic amines is 1. The molecule has 170 valence electrons. The number of fused-ring (bicyclic) bond motifs is 2. The molecule has 33 heavy (non-hydrogen) atoms. The maximum absolute atomic E-state index is 13.5. The standard InChI is InChI=1S/C26H25FN2O4/c1-32-25(31)7-3-17-2-6-24-21(12-17)23(30)14-26(33-24)8-10-29(11-9-26)16-18-15-28-22-13-19(27)4-5-20(18)22/h2-7,12-13,15,28H,8-11,14,16H2,1H3/b7-3+. The summed E-state index contributed by atoms with van der Waals surface area (Å²) >= 11 is 0. The van der Waals surface area contributed by atoms with Gasteiger partial charge in [-0.15, -0.1) is 0 Å². The Labute approximate surface area is 191 Å². The number of Topliss-reactive ketones (excluding diaryl/α,β-unsaturated/α-hetero) is 1. The third-order valence-corrected chi connectivity index (χ3v) is 6.62. The van der Waals surface area contributed by atoms with Crippen molar-refractivity contribution in [3.63, 3.8) is 0 Å². The van der Waals surface area contributed by atoms with Crippen molar-refractivity contribution in [2.45, 2.75) is 31.4 Å². The molecule has 1 spiro atoms. The Hall–Kier alpha value is -3.45. The van der Waals surface area contributed by atoms with Crippen molar-refractivity contribution >= 4 is 28.7 Å². The van der Waals surface area contributed by atoms with E-state index >= 15 is 0 Å². The molecule has 0 bridgehead atoms. The Morgan fingerprint density at radius 3 is 2.85 bits per heavy atom. The second kappa shape index (κ2) is 8.48. The van der Waals surface area contributed by atoms with Gasteiger partial charge in [-0.25, -0.2) is 9.18 Å². The molecule has 3 aromatic rings. The molecule has 1 saturated heterocycles. The van der Waals surface area contributed by atoms with Crippen molar-refractivity contribution in [2.24, 2.45) is 0 Å². The summed E-state index contributed by atoms with van der Waals surface area (Å²) in [7, 11) is 1.32. The smallest absolute Gasteiger partial charge is 0.330 e. The number of H-pyrrole nitrogens is 1. The number of piperidine rings is 1. The quantitative estimate of drug-likeness (QED) is 0.470. The second-order valence-corrected chi connectivity index (χ2v) is 8.78. The number of likely N-dealkylation sites (tertiary alicyclic amines) is 1. The Morgan fingerprint density at radius 2 is 2.06 bits per heavy atom. The molecule has 2 aliphatic heterocycles. The number of aromatic nitrogens is 1. The topological polar surface area (TPSA) is 71.6 Å². The number of methoxy groups -OCH3 is 1. The fourth-order valence-corrected chi connectivity index (χ4v) is 4.78. The number of benzene rings is 2. The highest BCUT2D eigenvalue weighted by atomic mass is 19.1. The normalized spacial score (nSPS) is 17.9. The number of nitrogens with one attached hydrogen (secondary N) is 1. The molecule has 2 aromatic carbocycles. The fraction of sp³-hybridized carbons (Fsp3) is 0.308. The van der Waals surface area contributed by atoms with E-state index in [1.807, 2.05) is 24.4 Å². The van der Waals surface area contributed by atoms with Gasteiger partial charge in [0.1, 0.15) is 17.2 Å². The van der Waals surface area contributed by atoms with Crippen LogP contribution in [0.4, 0.5) is 4.39 Å². The van der Waals surface area contributed by atoms with E-state index in [4.69, 9.17) is 4.74 Å². The summed E-state index contributed by atoms with van der Waals surface area (Å²) in [6, 6.07) is 10.2. The molecule has 7 heteroatoms. The Bertz CT molecular complexity index is 1250. The van der Waals surface area contributed by atoms with E-state index in [2.05, 4.69) is 14.6 Å². The molecule has 0 radical (unpaired) electrons. The lowest BCUT2D eigenvalue weighted by atomic mass is 9.82. The number of halogens is 1. The van der Waals surface area contributed by atoms with Gasteiger partial charge in [0.05, 0.1) is 19.1 Å². The SMILES string of the molecule is COC(=O)/C=C/c1ccc2c(c1)C(=O)CC1(CCN(Cc3c[nH]c4cc(F)ccc34)CC1)O2. The van der Waals surface area contributed by atoms with Crippen molar-refractivity contribution < 1.29 is 23.5 Å². The summed E-state index contributed by atoms with van der Waals surface area (Å²) in [6.07, 6.45) is 6.78. The first-order chi connectivity index (χ1) is 15.9. The minimum absolute atomic E-state index is 0.0664. The number of carbonyl (C=O) groups is 2. The van der Waals surface area contributed by atoms with Crippen molar-refractivity contribution in [1.29, 1.82) is 0 Å². The van der Waals surface area contributed by atoms with Crippen LogP contribution in [0, 0.1) is 5.82 Å². The fourth-order valence-electron chi connectivity index (χ4n) is 4.78. The van der Waals surface area contributed by atoms with Crippen LogP contribution in [0.15, 0.2) is 48.7 Å². The molecule has 6 nitrogen and oxygen atoms in total. The molecule has 1 N–H and O–H groups in total. The summed E-state index contributed by atoms with van der Waals surface area (Å²) in [5, 5.41) is 1.03. The van der Waals surface area contributed by atoms with Crippen LogP contribution in [0.2, 0.25) is 0 Å². The number of ketones is 1. The summed E-state index contributed by atoms with van der Waals surface area (Å²) in [5.41, 5.74) is 2.77. The largest absolute Gasteiger partial charge is 0.486 e. The molecule has 2 aliphatic rings. The zero-order valence-corrected chi connectivity index (χ0v) is 18.4. The van der Waals surface area contributed by atoms with Crippen LogP contribution >= 0.6 is 0 Å². The Balaban J connectivity index is 1.26. The summed E-state index contributed by atoms with van der Waals surface area (Å²) in [6.45, 7) is 2.40. The summed E-state index contributed by atoms with van der Waals surface area (Å²) < 4.78 is 24.5. The lowest BCUT2D eigenvalue weighted by molar-refractivity contribution is -0.134. The zero-order valence-electron chi connectivity index (χ0n) is 18.4. The lowest BCUT2D eigenvalue weighted by Gasteiger charge is -2.44. The molecule has 1 fully saturated rings. The molecule has 0 amide bonds. The van der Waals surface area contributed by atoms with E-state index in [1.54, 1.807) is 12.1 Å². The molecule has 1 aromatic heterocycles. The number of hydrogen-bond donors (Lipinski definition) is 1. The van der Waals surface area contributed by atoms with E-state index in [1.165, 1.54) is 25.3 Å². The van der Waals surface area contributed by atoms with Gasteiger partial charge in [-0.3, -0.25) is 9.69 Å². The van der Waals surface area contributed by atoms with Gasteiger partial charge >= 0.3 is 5.97 Å². The number of hydrogen-bond acceptors (Lipinski definition) is 5. The number of carbonyl (C=O) groups excluding carboxylic acids is 2. The predicted molar refractivity (Wildman–Crippen MR) is 123 cm³/mol. The second-order valence-electron chi connectivity index (χ2n) is 8.78. The molecule has 0 unspecified atom stereocenters. The van der Waals surface area contributed by atoms with E-state index < -0.39 is 11.6 Å². The third kappa shape index (κ3) is 4.28. The molecule has 5 rings (SSSR count). The van der Waals surface area contributed by atoms with Crippen molar-refractivity contribution in [2.75, 3.05) is 20.2 Å². The summed E-state index contributed by atoms with van der Waals surface area (Å²) in [5.74, 6) is -0.0205. The average Bonchev–Trinajstić information content (AvgIpc) is 3.21. The van der Waals surface area contributed by atoms with Crippen molar-refractivity contribution in [3.05, 3.63) is 71.2 Å². The number of ether oxygens (including phenoxy) is 2. The van der Waals surface area contributed by atoms with Crippen LogP contribution in [0.3, 0.4) is 0 Å². The molecule has 3 heterocycles. The lowest BCUT2D eigenvalue weighted by Crippen LogP contribution is -2.50. The maximum atomic E-state index is 13.5. The van der Waals surface area contributed by atoms with Crippen LogP contribution in [0.25, 0.3) is 17.0 Å². The van der Waals surface area contributed by atoms with Crippen LogP contribution in [0.5, 0.6) is 5.75 Å². The van der Waals surface area contributed by atoms with Crippen molar-refractivity contribution in [3.8, 4) is 5.75 Å². The molecular formula is C26H25FN2O4. The molecule has 0 atom stereocenters. The highest BCUT2D eigenvalue weighted by molar-refractivity contribution is 6.01. The van der Waals surface area contributed by atoms with Gasteiger partial charge in [0.15, 0.2) is 5.78 Å². The molecular weight excluding hydrogens is 423 g/mol. The first-order valence-corrected chi connectivity index (χ1v) is 11.0. The Morgan fingerprint density at radius 1 is 1.24 bits per heavy atom. The molecule has 0 aliphatic carbocycles. The van der Waals surface area contributed by atoms with E-state index in [9.17, 15) is 14.0 Å². The number of esters is 1. The van der Waals surface area contributed by atoms with Gasteiger partial charge in [0, 0.05) is 55.7 Å². The van der Waals surface area contributed by atoms with Gasteiger partial charge in [0.25, 0.3) is 0 Å². The highest BCUT2D eigenvalue weighted by Gasteiger charge is 2.43. The van der Waals surface area contributed by atoms with Crippen LogP contribution < -0.4 is 4.74 Å². The third-order valence-electron chi connectivity index (χ3n) is 6.62. The summed E-state index contributed by atoms with van der Waals surface area (Å²) in [4.78, 5) is 29.8. The predicted octanol–water partition coefficient (Wildman–Crippen LogP) is 4.49.